The summed E-state index contributed by atoms with van der Waals surface area (Å²) in [6.45, 7) is 3.87. The van der Waals surface area contributed by atoms with Crippen LogP contribution in [-0.4, -0.2) is 34.7 Å². The fourth-order valence-electron chi connectivity index (χ4n) is 1.58. The Balaban J connectivity index is 2.09. The molecular weight excluding hydrogens is 182 g/mol. The summed E-state index contributed by atoms with van der Waals surface area (Å²) in [5.41, 5.74) is 7.06. The minimum Gasteiger partial charge on any atom is -0.396 e. The number of nitrogen functional groups attached to an aromatic ring is 1. The Labute approximate surface area is 82.5 Å². The number of nitrogens with zero attached hydrogens (tertiary/aromatic N) is 2. The minimum atomic E-state index is -0.148. The van der Waals surface area contributed by atoms with E-state index in [4.69, 9.17) is 10.5 Å². The quantitative estimate of drug-likeness (QED) is 0.702. The predicted molar refractivity (Wildman–Crippen MR) is 51.7 cm³/mol. The Kier molecular flexibility index (Phi) is 2.20. The van der Waals surface area contributed by atoms with Gasteiger partial charge in [0.2, 0.25) is 0 Å². The van der Waals surface area contributed by atoms with Crippen molar-refractivity contribution in [3.8, 4) is 0 Å². The van der Waals surface area contributed by atoms with E-state index in [-0.39, 0.29) is 12.0 Å². The highest BCUT2D eigenvalue weighted by atomic mass is 16.5. The van der Waals surface area contributed by atoms with Gasteiger partial charge in [0.15, 0.2) is 0 Å². The lowest BCUT2D eigenvalue weighted by Gasteiger charge is -2.39. The second-order valence-electron chi connectivity index (χ2n) is 4.02. The normalized spacial score (nSPS) is 19.3. The van der Waals surface area contributed by atoms with Crippen molar-refractivity contribution >= 4 is 5.69 Å². The van der Waals surface area contributed by atoms with Crippen LogP contribution in [0.5, 0.6) is 0 Å². The van der Waals surface area contributed by atoms with E-state index in [2.05, 4.69) is 5.10 Å². The zero-order valence-corrected chi connectivity index (χ0v) is 8.23. The molecule has 1 saturated heterocycles. The average Bonchev–Trinajstić information content (AvgIpc) is 2.39. The Morgan fingerprint density at radius 3 is 2.79 bits per heavy atom. The number of anilines is 1. The fourth-order valence-corrected chi connectivity index (χ4v) is 1.58. The first-order chi connectivity index (χ1) is 6.65. The average molecular weight is 197 g/mol. The van der Waals surface area contributed by atoms with Gasteiger partial charge < -0.3 is 15.6 Å². The fraction of sp³-hybridized carbons (Fsp3) is 0.667. The van der Waals surface area contributed by atoms with Gasteiger partial charge in [0, 0.05) is 6.20 Å². The van der Waals surface area contributed by atoms with Gasteiger partial charge in [-0.3, -0.25) is 4.68 Å². The van der Waals surface area contributed by atoms with Crippen molar-refractivity contribution in [2.24, 2.45) is 5.41 Å². The molecule has 78 valence electrons. The standard InChI is InChI=1S/C9H15N3O2/c1-7-8(10)2-12(11-7)3-9(4-13)5-14-6-9/h2,13H,3-6,10H2,1H3. The lowest BCUT2D eigenvalue weighted by molar-refractivity contribution is -0.146. The summed E-state index contributed by atoms with van der Waals surface area (Å²) in [5, 5.41) is 13.5. The number of aryl methyl sites for hydroxylation is 1. The van der Waals surface area contributed by atoms with Gasteiger partial charge in [0.05, 0.1) is 43.2 Å². The van der Waals surface area contributed by atoms with E-state index < -0.39 is 0 Å². The van der Waals surface area contributed by atoms with Crippen LogP contribution in [0, 0.1) is 12.3 Å². The van der Waals surface area contributed by atoms with E-state index in [0.717, 1.165) is 5.69 Å². The van der Waals surface area contributed by atoms with Crippen molar-refractivity contribution in [3.63, 3.8) is 0 Å². The molecule has 2 heterocycles. The molecule has 2 rings (SSSR count). The third-order valence-electron chi connectivity index (χ3n) is 2.63. The Hall–Kier alpha value is -1.07. The number of nitrogens with two attached hydrogens (primary N) is 1. The molecule has 5 nitrogen and oxygen atoms in total. The Morgan fingerprint density at radius 2 is 2.43 bits per heavy atom. The first-order valence-corrected chi connectivity index (χ1v) is 4.63. The molecule has 5 heteroatoms. The summed E-state index contributed by atoms with van der Waals surface area (Å²) in [6, 6.07) is 0. The second-order valence-corrected chi connectivity index (χ2v) is 4.02. The number of ether oxygens (including phenoxy) is 1. The van der Waals surface area contributed by atoms with Crippen LogP contribution in [0.25, 0.3) is 0 Å². The molecule has 0 unspecified atom stereocenters. The van der Waals surface area contributed by atoms with Crippen LogP contribution < -0.4 is 5.73 Å². The zero-order valence-electron chi connectivity index (χ0n) is 8.23. The number of hydrogen-bond acceptors (Lipinski definition) is 4. The number of aliphatic hydroxyl groups is 1. The van der Waals surface area contributed by atoms with Crippen LogP contribution in [0.1, 0.15) is 5.69 Å². The first-order valence-electron chi connectivity index (χ1n) is 4.63. The van der Waals surface area contributed by atoms with Gasteiger partial charge in [-0.2, -0.15) is 5.10 Å². The molecule has 3 N–H and O–H groups in total. The third kappa shape index (κ3) is 1.49. The second kappa shape index (κ2) is 3.25. The predicted octanol–water partition coefficient (Wildman–Crippen LogP) is -0.217. The lowest BCUT2D eigenvalue weighted by atomic mass is 9.87. The van der Waals surface area contributed by atoms with Crippen LogP contribution >= 0.6 is 0 Å². The smallest absolute Gasteiger partial charge is 0.0822 e. The van der Waals surface area contributed by atoms with Crippen LogP contribution in [0.2, 0.25) is 0 Å². The van der Waals surface area contributed by atoms with Crippen LogP contribution in [0.4, 0.5) is 5.69 Å². The van der Waals surface area contributed by atoms with E-state index in [0.29, 0.717) is 25.4 Å². The Bertz CT molecular complexity index is 306. The maximum absolute atomic E-state index is 9.22. The van der Waals surface area contributed by atoms with E-state index in [1.807, 2.05) is 6.92 Å². The van der Waals surface area contributed by atoms with Crippen molar-refractivity contribution < 1.29 is 9.84 Å². The van der Waals surface area contributed by atoms with Gasteiger partial charge in [-0.15, -0.1) is 0 Å². The third-order valence-corrected chi connectivity index (χ3v) is 2.63. The maximum Gasteiger partial charge on any atom is 0.0822 e. The van der Waals surface area contributed by atoms with Crippen LogP contribution in [-0.2, 0) is 11.3 Å². The molecule has 0 spiro atoms. The molecule has 0 radical (unpaired) electrons. The van der Waals surface area contributed by atoms with E-state index in [9.17, 15) is 5.11 Å². The van der Waals surface area contributed by atoms with Gasteiger partial charge >= 0.3 is 0 Å². The number of aromatic nitrogens is 2. The molecule has 1 aromatic heterocycles. The molecule has 14 heavy (non-hydrogen) atoms. The maximum atomic E-state index is 9.22. The van der Waals surface area contributed by atoms with Crippen molar-refractivity contribution in [2.75, 3.05) is 25.6 Å². The summed E-state index contributed by atoms with van der Waals surface area (Å²) in [7, 11) is 0. The Morgan fingerprint density at radius 1 is 1.71 bits per heavy atom. The highest BCUT2D eigenvalue weighted by Crippen LogP contribution is 2.29. The molecular formula is C9H15N3O2. The topological polar surface area (TPSA) is 73.3 Å². The summed E-state index contributed by atoms with van der Waals surface area (Å²) in [6.07, 6.45) is 1.80. The van der Waals surface area contributed by atoms with Gasteiger partial charge in [0.25, 0.3) is 0 Å². The summed E-state index contributed by atoms with van der Waals surface area (Å²) in [5.74, 6) is 0. The highest BCUT2D eigenvalue weighted by molar-refractivity contribution is 5.39. The molecule has 0 atom stereocenters. The largest absolute Gasteiger partial charge is 0.396 e. The van der Waals surface area contributed by atoms with E-state index >= 15 is 0 Å². The zero-order chi connectivity index (χ0) is 10.2. The number of rotatable bonds is 3. The lowest BCUT2D eigenvalue weighted by Crippen LogP contribution is -2.48. The SMILES string of the molecule is Cc1nn(CC2(CO)COC2)cc1N. The van der Waals surface area contributed by atoms with E-state index in [1.165, 1.54) is 0 Å². The van der Waals surface area contributed by atoms with E-state index in [1.54, 1.807) is 10.9 Å². The van der Waals surface area contributed by atoms with Crippen LogP contribution in [0.15, 0.2) is 6.20 Å². The molecule has 0 amide bonds. The summed E-state index contributed by atoms with van der Waals surface area (Å²) >= 11 is 0. The number of hydrogen-bond donors (Lipinski definition) is 2. The molecule has 1 fully saturated rings. The minimum absolute atomic E-state index is 0.131. The molecule has 0 saturated carbocycles. The summed E-state index contributed by atoms with van der Waals surface area (Å²) < 4.78 is 6.89. The van der Waals surface area contributed by atoms with Gasteiger partial charge in [0.1, 0.15) is 0 Å². The first kappa shape index (κ1) is 9.48. The van der Waals surface area contributed by atoms with Crippen molar-refractivity contribution in [1.29, 1.82) is 0 Å². The molecule has 1 aliphatic rings. The van der Waals surface area contributed by atoms with Crippen molar-refractivity contribution in [1.82, 2.24) is 9.78 Å². The van der Waals surface area contributed by atoms with Crippen molar-refractivity contribution in [3.05, 3.63) is 11.9 Å². The van der Waals surface area contributed by atoms with Crippen LogP contribution in [0.3, 0.4) is 0 Å². The number of aliphatic hydroxyl groups excluding tert-OH is 1. The van der Waals surface area contributed by atoms with Gasteiger partial charge in [-0.05, 0) is 6.92 Å². The molecule has 0 bridgehead atoms. The molecule has 0 aromatic carbocycles. The van der Waals surface area contributed by atoms with Gasteiger partial charge in [-0.25, -0.2) is 0 Å². The summed E-state index contributed by atoms with van der Waals surface area (Å²) in [4.78, 5) is 0. The van der Waals surface area contributed by atoms with Crippen molar-refractivity contribution in [2.45, 2.75) is 13.5 Å². The molecule has 0 aliphatic carbocycles. The molecule has 1 aliphatic heterocycles. The monoisotopic (exact) mass is 197 g/mol. The molecule has 1 aromatic rings. The highest BCUT2D eigenvalue weighted by Gasteiger charge is 2.38. The van der Waals surface area contributed by atoms with Gasteiger partial charge in [-0.1, -0.05) is 0 Å².